The Balaban J connectivity index is 2.50. The van der Waals surface area contributed by atoms with Crippen molar-refractivity contribution in [2.45, 2.75) is 65.1 Å². The monoisotopic (exact) mass is 286 g/mol. The van der Waals surface area contributed by atoms with Crippen LogP contribution in [0.2, 0.25) is 18.1 Å². The minimum absolute atomic E-state index is 0.184. The highest BCUT2D eigenvalue weighted by Gasteiger charge is 2.38. The van der Waals surface area contributed by atoms with Gasteiger partial charge >= 0.3 is 5.97 Å². The molecule has 1 fully saturated rings. The first kappa shape index (κ1) is 16.7. The predicted molar refractivity (Wildman–Crippen MR) is 80.6 cm³/mol. The maximum absolute atomic E-state index is 11.0. The van der Waals surface area contributed by atoms with E-state index in [1.807, 2.05) is 0 Å². The molecule has 3 nitrogen and oxygen atoms in total. The molecule has 4 heteroatoms. The lowest BCUT2D eigenvalue weighted by molar-refractivity contribution is -0.143. The van der Waals surface area contributed by atoms with E-state index in [9.17, 15) is 4.79 Å². The second-order valence-electron chi connectivity index (χ2n) is 7.32. The molecular formula is C15H30O3Si. The normalized spacial score (nSPS) is 18.8. The quantitative estimate of drug-likeness (QED) is 0.547. The molecule has 0 heterocycles. The summed E-state index contributed by atoms with van der Waals surface area (Å²) in [5.74, 6) is 0.882. The Kier molecular flexibility index (Phi) is 5.62. The molecule has 1 atom stereocenters. The molecule has 0 amide bonds. The van der Waals surface area contributed by atoms with Crippen molar-refractivity contribution in [3.8, 4) is 0 Å². The Bertz CT molecular complexity index is 303. The van der Waals surface area contributed by atoms with Gasteiger partial charge in [-0.2, -0.15) is 0 Å². The summed E-state index contributed by atoms with van der Waals surface area (Å²) in [6.07, 6.45) is 3.82. The SMILES string of the molecule is CC(=O)OCC(CO[Si](C)(C)C(C)(C)C)C1CCC1. The van der Waals surface area contributed by atoms with Crippen molar-refractivity contribution in [1.82, 2.24) is 0 Å². The molecule has 0 saturated heterocycles. The molecule has 19 heavy (non-hydrogen) atoms. The molecule has 112 valence electrons. The molecule has 0 aliphatic heterocycles. The third-order valence-corrected chi connectivity index (χ3v) is 9.28. The smallest absolute Gasteiger partial charge is 0.302 e. The number of hydrogen-bond donors (Lipinski definition) is 0. The molecule has 1 aliphatic rings. The van der Waals surface area contributed by atoms with Crippen molar-refractivity contribution >= 4 is 14.3 Å². The van der Waals surface area contributed by atoms with Crippen LogP contribution in [0, 0.1) is 11.8 Å². The standard InChI is InChI=1S/C15H30O3Si/c1-12(16)17-10-14(13-8-7-9-13)11-18-19(5,6)15(2,3)4/h13-14H,7-11H2,1-6H3. The maximum Gasteiger partial charge on any atom is 0.302 e. The molecule has 0 bridgehead atoms. The summed E-state index contributed by atoms with van der Waals surface area (Å²) in [6.45, 7) is 14.1. The summed E-state index contributed by atoms with van der Waals surface area (Å²) in [6, 6.07) is 0. The van der Waals surface area contributed by atoms with Gasteiger partial charge in [0.1, 0.15) is 0 Å². The van der Waals surface area contributed by atoms with E-state index in [1.54, 1.807) is 0 Å². The van der Waals surface area contributed by atoms with Crippen molar-refractivity contribution < 1.29 is 14.0 Å². The van der Waals surface area contributed by atoms with Crippen LogP contribution in [0.3, 0.4) is 0 Å². The van der Waals surface area contributed by atoms with Gasteiger partial charge in [0.25, 0.3) is 0 Å². The van der Waals surface area contributed by atoms with Crippen LogP contribution in [-0.2, 0) is 14.0 Å². The van der Waals surface area contributed by atoms with Crippen molar-refractivity contribution in [2.75, 3.05) is 13.2 Å². The van der Waals surface area contributed by atoms with Gasteiger partial charge in [0, 0.05) is 19.4 Å². The fourth-order valence-corrected chi connectivity index (χ4v) is 3.05. The zero-order chi connectivity index (χ0) is 14.7. The lowest BCUT2D eigenvalue weighted by atomic mass is 9.76. The molecular weight excluding hydrogens is 256 g/mol. The minimum Gasteiger partial charge on any atom is -0.465 e. The Hall–Kier alpha value is -0.353. The van der Waals surface area contributed by atoms with Crippen molar-refractivity contribution in [3.63, 3.8) is 0 Å². The number of carbonyl (C=O) groups is 1. The van der Waals surface area contributed by atoms with Crippen LogP contribution in [0.4, 0.5) is 0 Å². The van der Waals surface area contributed by atoms with E-state index in [1.165, 1.54) is 26.2 Å². The summed E-state index contributed by atoms with van der Waals surface area (Å²) in [5, 5.41) is 0.235. The first-order chi connectivity index (χ1) is 8.63. The fraction of sp³-hybridized carbons (Fsp3) is 0.933. The third kappa shape index (κ3) is 4.92. The van der Waals surface area contributed by atoms with E-state index in [0.29, 0.717) is 18.4 Å². The Morgan fingerprint density at radius 1 is 1.26 bits per heavy atom. The average Bonchev–Trinajstić information content (AvgIpc) is 2.17. The van der Waals surface area contributed by atoms with Gasteiger partial charge in [-0.25, -0.2) is 0 Å². The Morgan fingerprint density at radius 2 is 1.84 bits per heavy atom. The van der Waals surface area contributed by atoms with Crippen LogP contribution in [0.5, 0.6) is 0 Å². The van der Waals surface area contributed by atoms with Crippen LogP contribution in [0.25, 0.3) is 0 Å². The van der Waals surface area contributed by atoms with Crippen LogP contribution in [0.1, 0.15) is 47.0 Å². The number of hydrogen-bond acceptors (Lipinski definition) is 3. The molecule has 1 saturated carbocycles. The van der Waals surface area contributed by atoms with Crippen molar-refractivity contribution in [3.05, 3.63) is 0 Å². The molecule has 0 N–H and O–H groups in total. The summed E-state index contributed by atoms with van der Waals surface area (Å²) in [5.41, 5.74) is 0. The Morgan fingerprint density at radius 3 is 2.21 bits per heavy atom. The zero-order valence-corrected chi connectivity index (χ0v) is 14.4. The minimum atomic E-state index is -1.70. The van der Waals surface area contributed by atoms with Gasteiger partial charge < -0.3 is 9.16 Å². The largest absolute Gasteiger partial charge is 0.465 e. The molecule has 1 rings (SSSR count). The number of ether oxygens (including phenoxy) is 1. The van der Waals surface area contributed by atoms with Crippen LogP contribution in [-0.4, -0.2) is 27.5 Å². The molecule has 1 unspecified atom stereocenters. The second-order valence-corrected chi connectivity index (χ2v) is 12.1. The van der Waals surface area contributed by atoms with Gasteiger partial charge in [-0.1, -0.05) is 27.2 Å². The van der Waals surface area contributed by atoms with Gasteiger partial charge in [0.15, 0.2) is 8.32 Å². The number of carbonyl (C=O) groups excluding carboxylic acids is 1. The number of rotatable bonds is 6. The van der Waals surface area contributed by atoms with E-state index >= 15 is 0 Å². The molecule has 1 aliphatic carbocycles. The van der Waals surface area contributed by atoms with Crippen LogP contribution in [0.15, 0.2) is 0 Å². The predicted octanol–water partition coefficient (Wildman–Crippen LogP) is 3.99. The highest BCUT2D eigenvalue weighted by molar-refractivity contribution is 6.74. The van der Waals surface area contributed by atoms with E-state index in [2.05, 4.69) is 33.9 Å². The van der Waals surface area contributed by atoms with Gasteiger partial charge in [0.05, 0.1) is 6.61 Å². The topological polar surface area (TPSA) is 35.5 Å². The third-order valence-electron chi connectivity index (χ3n) is 4.78. The molecule has 0 aromatic rings. The van der Waals surface area contributed by atoms with Crippen molar-refractivity contribution in [1.29, 1.82) is 0 Å². The fourth-order valence-electron chi connectivity index (χ4n) is 1.99. The van der Waals surface area contributed by atoms with E-state index in [4.69, 9.17) is 9.16 Å². The highest BCUT2D eigenvalue weighted by Crippen LogP contribution is 2.39. The summed E-state index contributed by atoms with van der Waals surface area (Å²) < 4.78 is 11.5. The molecule has 0 spiro atoms. The van der Waals surface area contributed by atoms with Crippen LogP contribution < -0.4 is 0 Å². The lowest BCUT2D eigenvalue weighted by Crippen LogP contribution is -2.43. The first-order valence-electron chi connectivity index (χ1n) is 7.41. The first-order valence-corrected chi connectivity index (χ1v) is 10.3. The summed E-state index contributed by atoms with van der Waals surface area (Å²) in [4.78, 5) is 11.0. The summed E-state index contributed by atoms with van der Waals surface area (Å²) in [7, 11) is -1.70. The average molecular weight is 286 g/mol. The highest BCUT2D eigenvalue weighted by atomic mass is 28.4. The van der Waals surface area contributed by atoms with Crippen molar-refractivity contribution in [2.24, 2.45) is 11.8 Å². The van der Waals surface area contributed by atoms with Gasteiger partial charge in [-0.3, -0.25) is 4.79 Å². The van der Waals surface area contributed by atoms with Gasteiger partial charge in [-0.15, -0.1) is 0 Å². The lowest BCUT2D eigenvalue weighted by Gasteiger charge is -2.40. The van der Waals surface area contributed by atoms with E-state index in [0.717, 1.165) is 6.61 Å². The molecule has 0 aromatic heterocycles. The van der Waals surface area contributed by atoms with Gasteiger partial charge in [0.2, 0.25) is 0 Å². The second kappa shape index (κ2) is 6.40. The zero-order valence-electron chi connectivity index (χ0n) is 13.4. The van der Waals surface area contributed by atoms with Crippen LogP contribution >= 0.6 is 0 Å². The summed E-state index contributed by atoms with van der Waals surface area (Å²) >= 11 is 0. The maximum atomic E-state index is 11.0. The number of esters is 1. The Labute approximate surface area is 119 Å². The molecule has 0 aromatic carbocycles. The van der Waals surface area contributed by atoms with Gasteiger partial charge in [-0.05, 0) is 36.9 Å². The molecule has 0 radical (unpaired) electrons. The van der Waals surface area contributed by atoms with E-state index in [-0.39, 0.29) is 11.0 Å². The van der Waals surface area contributed by atoms with E-state index < -0.39 is 8.32 Å².